The van der Waals surface area contributed by atoms with Crippen LogP contribution in [0.2, 0.25) is 0 Å². The van der Waals surface area contributed by atoms with Crippen molar-refractivity contribution in [1.29, 1.82) is 0 Å². The van der Waals surface area contributed by atoms with E-state index < -0.39 is 17.5 Å². The van der Waals surface area contributed by atoms with Crippen molar-refractivity contribution in [3.05, 3.63) is 53.9 Å². The number of anilines is 2. The molecule has 2 aromatic heterocycles. The predicted octanol–water partition coefficient (Wildman–Crippen LogP) is 3.06. The van der Waals surface area contributed by atoms with E-state index in [2.05, 4.69) is 20.0 Å². The molecule has 0 aliphatic carbocycles. The fourth-order valence-electron chi connectivity index (χ4n) is 2.99. The standard InChI is InChI=1S/C19H17F2N5O2S/c20-11-2-1-3-12(21)16(11)14-5-4-13(22)17(25-14)18(27)26-15-9-24-29-19(15)28-10-6-7-23-8-10/h1-5,9-10,23H,6-8,22H2,(H,26,27). The van der Waals surface area contributed by atoms with E-state index in [1.54, 1.807) is 0 Å². The third-order valence-electron chi connectivity index (χ3n) is 4.43. The number of nitrogens with zero attached hydrogens (tertiary/aromatic N) is 2. The topological polar surface area (TPSA) is 102 Å². The van der Waals surface area contributed by atoms with E-state index in [4.69, 9.17) is 10.5 Å². The fourth-order valence-corrected chi connectivity index (χ4v) is 3.63. The molecule has 1 amide bonds. The van der Waals surface area contributed by atoms with Gasteiger partial charge in [-0.15, -0.1) is 0 Å². The number of carbonyl (C=O) groups is 1. The maximum atomic E-state index is 14.1. The Morgan fingerprint density at radius 2 is 2.07 bits per heavy atom. The first kappa shape index (κ1) is 19.2. The van der Waals surface area contributed by atoms with Crippen molar-refractivity contribution in [3.63, 3.8) is 0 Å². The highest BCUT2D eigenvalue weighted by atomic mass is 32.1. The second-order valence-corrected chi connectivity index (χ2v) is 7.21. The molecule has 10 heteroatoms. The van der Waals surface area contributed by atoms with Crippen LogP contribution in [0.25, 0.3) is 11.3 Å². The van der Waals surface area contributed by atoms with E-state index in [0.717, 1.165) is 43.2 Å². The van der Waals surface area contributed by atoms with Gasteiger partial charge in [0.2, 0.25) is 5.06 Å². The largest absolute Gasteiger partial charge is 0.477 e. The minimum atomic E-state index is -0.781. The van der Waals surface area contributed by atoms with Crippen LogP contribution in [-0.4, -0.2) is 34.5 Å². The van der Waals surface area contributed by atoms with E-state index in [1.165, 1.54) is 24.4 Å². The molecular weight excluding hydrogens is 400 g/mol. The number of nitrogens with two attached hydrogens (primary N) is 1. The first-order chi connectivity index (χ1) is 14.0. The monoisotopic (exact) mass is 417 g/mol. The van der Waals surface area contributed by atoms with Crippen molar-refractivity contribution in [2.75, 3.05) is 24.1 Å². The van der Waals surface area contributed by atoms with Crippen molar-refractivity contribution < 1.29 is 18.3 Å². The lowest BCUT2D eigenvalue weighted by Crippen LogP contribution is -2.20. The van der Waals surface area contributed by atoms with Gasteiger partial charge in [0.25, 0.3) is 5.91 Å². The number of nitrogen functional groups attached to an aromatic ring is 1. The lowest BCUT2D eigenvalue weighted by atomic mass is 10.1. The third-order valence-corrected chi connectivity index (χ3v) is 5.13. The Morgan fingerprint density at radius 3 is 2.79 bits per heavy atom. The summed E-state index contributed by atoms with van der Waals surface area (Å²) in [6, 6.07) is 6.24. The van der Waals surface area contributed by atoms with Crippen LogP contribution >= 0.6 is 11.5 Å². The highest BCUT2D eigenvalue weighted by Gasteiger charge is 2.22. The summed E-state index contributed by atoms with van der Waals surface area (Å²) < 4.78 is 38.1. The Bertz CT molecular complexity index is 1030. The molecule has 1 aliphatic heterocycles. The minimum Gasteiger partial charge on any atom is -0.477 e. The number of rotatable bonds is 5. The van der Waals surface area contributed by atoms with E-state index in [1.807, 2.05) is 0 Å². The summed E-state index contributed by atoms with van der Waals surface area (Å²) in [6.07, 6.45) is 2.33. The lowest BCUT2D eigenvalue weighted by molar-refractivity contribution is 0.102. The molecule has 1 saturated heterocycles. The lowest BCUT2D eigenvalue weighted by Gasteiger charge is -2.13. The quantitative estimate of drug-likeness (QED) is 0.590. The number of halogens is 2. The summed E-state index contributed by atoms with van der Waals surface area (Å²) in [4.78, 5) is 16.8. The molecule has 7 nitrogen and oxygen atoms in total. The summed E-state index contributed by atoms with van der Waals surface area (Å²) in [5.41, 5.74) is 5.84. The molecule has 0 saturated carbocycles. The average molecular weight is 417 g/mol. The smallest absolute Gasteiger partial charge is 0.276 e. The van der Waals surface area contributed by atoms with Crippen molar-refractivity contribution in [3.8, 4) is 16.3 Å². The molecule has 0 bridgehead atoms. The minimum absolute atomic E-state index is 0.00153. The Labute approximate surface area is 169 Å². The maximum absolute atomic E-state index is 14.1. The maximum Gasteiger partial charge on any atom is 0.276 e. The van der Waals surface area contributed by atoms with Crippen molar-refractivity contribution >= 4 is 28.8 Å². The molecule has 1 unspecified atom stereocenters. The Hall–Kier alpha value is -3.11. The van der Waals surface area contributed by atoms with E-state index in [9.17, 15) is 13.6 Å². The molecule has 0 radical (unpaired) electrons. The van der Waals surface area contributed by atoms with E-state index >= 15 is 0 Å². The van der Waals surface area contributed by atoms with Gasteiger partial charge in [-0.2, -0.15) is 4.37 Å². The third kappa shape index (κ3) is 4.03. The van der Waals surface area contributed by atoms with Crippen molar-refractivity contribution in [2.45, 2.75) is 12.5 Å². The number of hydrogen-bond acceptors (Lipinski definition) is 7. The molecule has 150 valence electrons. The van der Waals surface area contributed by atoms with Gasteiger partial charge < -0.3 is 21.1 Å². The number of aromatic nitrogens is 2. The number of benzene rings is 1. The molecule has 3 aromatic rings. The average Bonchev–Trinajstić information content (AvgIpc) is 3.36. The van der Waals surface area contributed by atoms with Crippen LogP contribution in [0.15, 0.2) is 36.5 Å². The van der Waals surface area contributed by atoms with Crippen LogP contribution in [-0.2, 0) is 0 Å². The molecule has 4 N–H and O–H groups in total. The van der Waals surface area contributed by atoms with E-state index in [-0.39, 0.29) is 28.7 Å². The summed E-state index contributed by atoms with van der Waals surface area (Å²) in [5.74, 6) is -2.19. The number of nitrogens with one attached hydrogen (secondary N) is 2. The molecule has 1 fully saturated rings. The first-order valence-corrected chi connectivity index (χ1v) is 9.64. The highest BCUT2D eigenvalue weighted by molar-refractivity contribution is 7.08. The van der Waals surface area contributed by atoms with Crippen molar-refractivity contribution in [2.24, 2.45) is 0 Å². The van der Waals surface area contributed by atoms with Gasteiger partial charge in [-0.1, -0.05) is 6.07 Å². The zero-order valence-corrected chi connectivity index (χ0v) is 15.9. The van der Waals surface area contributed by atoms with Gasteiger partial charge in [0.05, 0.1) is 23.1 Å². The molecule has 3 heterocycles. The van der Waals surface area contributed by atoms with E-state index in [0.29, 0.717) is 10.8 Å². The SMILES string of the molecule is Nc1ccc(-c2c(F)cccc2F)nc1C(=O)Nc1cnsc1OC1CCNC1. The van der Waals surface area contributed by atoms with Gasteiger partial charge in [-0.25, -0.2) is 13.8 Å². The predicted molar refractivity (Wildman–Crippen MR) is 106 cm³/mol. The number of ether oxygens (including phenoxy) is 1. The van der Waals surface area contributed by atoms with Crippen LogP contribution in [0.1, 0.15) is 16.9 Å². The number of pyridine rings is 1. The number of carbonyl (C=O) groups excluding carboxylic acids is 1. The van der Waals surface area contributed by atoms with Crippen LogP contribution in [0.4, 0.5) is 20.2 Å². The highest BCUT2D eigenvalue weighted by Crippen LogP contribution is 2.32. The zero-order valence-electron chi connectivity index (χ0n) is 15.1. The Balaban J connectivity index is 1.59. The van der Waals surface area contributed by atoms with Gasteiger partial charge in [0.1, 0.15) is 23.4 Å². The molecule has 1 aromatic carbocycles. The Kier molecular flexibility index (Phi) is 5.36. The normalized spacial score (nSPS) is 16.0. The van der Waals surface area contributed by atoms with Crippen LogP contribution < -0.4 is 21.1 Å². The second kappa shape index (κ2) is 8.10. The first-order valence-electron chi connectivity index (χ1n) is 8.87. The summed E-state index contributed by atoms with van der Waals surface area (Å²) in [7, 11) is 0. The van der Waals surface area contributed by atoms with Gasteiger partial charge in [0.15, 0.2) is 5.69 Å². The van der Waals surface area contributed by atoms with Gasteiger partial charge in [-0.3, -0.25) is 4.79 Å². The molecule has 0 spiro atoms. The van der Waals surface area contributed by atoms with Crippen LogP contribution in [0, 0.1) is 11.6 Å². The summed E-state index contributed by atoms with van der Waals surface area (Å²) in [5, 5.41) is 6.33. The fraction of sp³-hybridized carbons (Fsp3) is 0.211. The van der Waals surface area contributed by atoms with Gasteiger partial charge in [-0.05, 0) is 37.2 Å². The zero-order chi connectivity index (χ0) is 20.4. The second-order valence-electron chi connectivity index (χ2n) is 6.44. The molecule has 29 heavy (non-hydrogen) atoms. The molecule has 1 aliphatic rings. The van der Waals surface area contributed by atoms with Crippen LogP contribution in [0.3, 0.4) is 0 Å². The molecule has 1 atom stereocenters. The van der Waals surface area contributed by atoms with Gasteiger partial charge in [0, 0.05) is 18.1 Å². The molecule has 4 rings (SSSR count). The number of hydrogen-bond donors (Lipinski definition) is 3. The van der Waals surface area contributed by atoms with Gasteiger partial charge >= 0.3 is 0 Å². The van der Waals surface area contributed by atoms with Crippen molar-refractivity contribution in [1.82, 2.24) is 14.7 Å². The Morgan fingerprint density at radius 1 is 1.28 bits per heavy atom. The summed E-state index contributed by atoms with van der Waals surface area (Å²) in [6.45, 7) is 1.58. The van der Waals surface area contributed by atoms with Crippen LogP contribution in [0.5, 0.6) is 5.06 Å². The summed E-state index contributed by atoms with van der Waals surface area (Å²) >= 11 is 1.12. The number of amides is 1. The molecular formula is C19H17F2N5O2S.